The number of halogens is 8. The van der Waals surface area contributed by atoms with Crippen LogP contribution >= 0.6 is 0 Å². The van der Waals surface area contributed by atoms with E-state index in [1.165, 1.54) is 81.5 Å². The summed E-state index contributed by atoms with van der Waals surface area (Å²) in [7, 11) is 0. The van der Waals surface area contributed by atoms with Gasteiger partial charge in [-0.05, 0) is 99.3 Å². The molecule has 0 heterocycles. The molecule has 4 rings (SSSR count). The van der Waals surface area contributed by atoms with Crippen LogP contribution in [0.25, 0.3) is 0 Å². The maximum atomic E-state index is 15.9. The number of hydrogen-bond donors (Lipinski definition) is 0. The predicted octanol–water partition coefficient (Wildman–Crippen LogP) is 11.3. The summed E-state index contributed by atoms with van der Waals surface area (Å²) in [6.07, 6.45) is 11.2. The van der Waals surface area contributed by atoms with Gasteiger partial charge in [-0.25, -0.2) is 8.78 Å². The summed E-state index contributed by atoms with van der Waals surface area (Å²) in [5.74, 6) is 0. The van der Waals surface area contributed by atoms with Crippen LogP contribution in [0.3, 0.4) is 0 Å². The fourth-order valence-corrected chi connectivity index (χ4v) is 5.56. The van der Waals surface area contributed by atoms with E-state index in [0.29, 0.717) is 22.3 Å². The summed E-state index contributed by atoms with van der Waals surface area (Å²) in [4.78, 5) is 0. The summed E-state index contributed by atoms with van der Waals surface area (Å²) in [5, 5.41) is 0. The molecule has 0 bridgehead atoms. The van der Waals surface area contributed by atoms with Crippen molar-refractivity contribution in [3.05, 3.63) is 142 Å². The maximum Gasteiger partial charge on any atom is 0.401 e. The van der Waals surface area contributed by atoms with Gasteiger partial charge < -0.3 is 0 Å². The van der Waals surface area contributed by atoms with Gasteiger partial charge in [-0.1, -0.05) is 84.1 Å². The molecule has 8 heteroatoms. The Balaban J connectivity index is 1.81. The summed E-state index contributed by atoms with van der Waals surface area (Å²) in [5.41, 5.74) is -7.22. The van der Waals surface area contributed by atoms with Gasteiger partial charge >= 0.3 is 12.4 Å². The minimum atomic E-state index is -4.84. The van der Waals surface area contributed by atoms with Crippen molar-refractivity contribution in [3.63, 3.8) is 0 Å². The molecule has 0 saturated carbocycles. The Morgan fingerprint density at radius 1 is 0.386 bits per heavy atom. The summed E-state index contributed by atoms with van der Waals surface area (Å²) >= 11 is 0. The smallest absolute Gasteiger partial charge is 0.235 e. The van der Waals surface area contributed by atoms with Crippen molar-refractivity contribution in [2.75, 3.05) is 0 Å². The number of hydrogen-bond acceptors (Lipinski definition) is 0. The molecular formula is C36H34F8. The third-order valence-corrected chi connectivity index (χ3v) is 7.87. The highest BCUT2D eigenvalue weighted by molar-refractivity contribution is 5.62. The first-order chi connectivity index (χ1) is 20.0. The molecule has 0 aromatic heterocycles. The minimum Gasteiger partial charge on any atom is -0.235 e. The van der Waals surface area contributed by atoms with Crippen LogP contribution in [-0.2, 0) is 0 Å². The monoisotopic (exact) mass is 618 g/mol. The normalized spacial score (nSPS) is 33.0. The van der Waals surface area contributed by atoms with Crippen molar-refractivity contribution >= 4 is 0 Å². The van der Waals surface area contributed by atoms with Crippen LogP contribution in [0.4, 0.5) is 35.1 Å². The average molecular weight is 619 g/mol. The lowest BCUT2D eigenvalue weighted by Crippen LogP contribution is -2.32. The van der Waals surface area contributed by atoms with Crippen molar-refractivity contribution in [3.8, 4) is 0 Å². The Morgan fingerprint density at radius 3 is 0.977 bits per heavy atom. The molecule has 0 saturated heterocycles. The highest BCUT2D eigenvalue weighted by Gasteiger charge is 2.50. The quantitative estimate of drug-likeness (QED) is 0.276. The van der Waals surface area contributed by atoms with Gasteiger partial charge in [0.25, 0.3) is 0 Å². The molecule has 0 aromatic rings. The second-order valence-electron chi connectivity index (χ2n) is 12.6. The van der Waals surface area contributed by atoms with Gasteiger partial charge in [0, 0.05) is 0 Å². The Kier molecular flexibility index (Phi) is 8.33. The molecule has 0 aliphatic heterocycles. The van der Waals surface area contributed by atoms with E-state index in [2.05, 4.69) is 0 Å². The summed E-state index contributed by atoms with van der Waals surface area (Å²) in [6.45, 7) is 7.70. The first-order valence-corrected chi connectivity index (χ1v) is 14.0. The van der Waals surface area contributed by atoms with Gasteiger partial charge in [0.15, 0.2) is 0 Å². The largest absolute Gasteiger partial charge is 0.401 e. The topological polar surface area (TPSA) is 0 Å². The summed E-state index contributed by atoms with van der Waals surface area (Å²) in [6, 6.07) is 0. The number of alkyl halides is 8. The zero-order valence-electron chi connectivity index (χ0n) is 25.3. The van der Waals surface area contributed by atoms with E-state index in [1.807, 2.05) is 0 Å². The third kappa shape index (κ3) is 7.16. The molecule has 0 radical (unpaired) electrons. The Morgan fingerprint density at radius 2 is 0.636 bits per heavy atom. The molecule has 0 aromatic carbocycles. The second-order valence-corrected chi connectivity index (χ2v) is 12.6. The van der Waals surface area contributed by atoms with Crippen LogP contribution in [0.1, 0.15) is 41.5 Å². The third-order valence-electron chi connectivity index (χ3n) is 7.87. The fourth-order valence-electron chi connectivity index (χ4n) is 5.56. The van der Waals surface area contributed by atoms with E-state index >= 15 is 8.78 Å². The van der Waals surface area contributed by atoms with E-state index in [0.717, 1.165) is 38.2 Å². The lowest BCUT2D eigenvalue weighted by molar-refractivity contribution is -0.184. The molecule has 234 valence electrons. The van der Waals surface area contributed by atoms with Crippen molar-refractivity contribution in [2.45, 2.75) is 65.2 Å². The molecule has 4 aliphatic rings. The van der Waals surface area contributed by atoms with Gasteiger partial charge in [-0.15, -0.1) is 0 Å². The fraction of sp³-hybridized carbons (Fsp3) is 0.333. The van der Waals surface area contributed by atoms with Crippen molar-refractivity contribution < 1.29 is 35.1 Å². The highest BCUT2D eigenvalue weighted by Crippen LogP contribution is 2.48. The minimum absolute atomic E-state index is 0.0233. The molecular weight excluding hydrogens is 584 g/mol. The van der Waals surface area contributed by atoms with E-state index in [1.54, 1.807) is 19.1 Å². The SMILES string of the molecule is CC1=CC(C)(F)C=C(C2=CC(C)(F)C=C(C3=CC(C)(C(F)(F)F)C=C(C4=CC(C)(C(F)(F)F)C=C(C)C=C4)C=C3)C=C2)C=C1. The van der Waals surface area contributed by atoms with Crippen LogP contribution < -0.4 is 0 Å². The zero-order chi connectivity index (χ0) is 32.9. The molecule has 4 unspecified atom stereocenters. The van der Waals surface area contributed by atoms with Crippen molar-refractivity contribution in [2.24, 2.45) is 10.8 Å². The lowest BCUT2D eigenvalue weighted by Gasteiger charge is -2.28. The first-order valence-electron chi connectivity index (χ1n) is 14.0. The number of allylic oxidation sites excluding steroid dienone is 24. The van der Waals surface area contributed by atoms with Crippen molar-refractivity contribution in [1.82, 2.24) is 0 Å². The molecule has 0 fully saturated rings. The van der Waals surface area contributed by atoms with Gasteiger partial charge in [-0.3, -0.25) is 0 Å². The van der Waals surface area contributed by atoms with Crippen LogP contribution in [0, 0.1) is 10.8 Å². The van der Waals surface area contributed by atoms with Gasteiger partial charge in [0.2, 0.25) is 0 Å². The molecule has 44 heavy (non-hydrogen) atoms. The van der Waals surface area contributed by atoms with E-state index < -0.39 is 34.5 Å². The molecule has 0 amide bonds. The summed E-state index contributed by atoms with van der Waals surface area (Å²) < 4.78 is 117. The molecule has 4 atom stereocenters. The Labute approximate surface area is 253 Å². The van der Waals surface area contributed by atoms with E-state index in [-0.39, 0.29) is 22.3 Å². The van der Waals surface area contributed by atoms with Gasteiger partial charge in [0.1, 0.15) is 22.2 Å². The van der Waals surface area contributed by atoms with E-state index in [4.69, 9.17) is 0 Å². The van der Waals surface area contributed by atoms with Crippen molar-refractivity contribution in [1.29, 1.82) is 0 Å². The van der Waals surface area contributed by atoms with Gasteiger partial charge in [0.05, 0.1) is 0 Å². The van der Waals surface area contributed by atoms with Crippen LogP contribution in [0.2, 0.25) is 0 Å². The lowest BCUT2D eigenvalue weighted by atomic mass is 9.82. The van der Waals surface area contributed by atoms with E-state index in [9.17, 15) is 26.3 Å². The van der Waals surface area contributed by atoms with Gasteiger partial charge in [-0.2, -0.15) is 26.3 Å². The highest BCUT2D eigenvalue weighted by atomic mass is 19.4. The maximum absolute atomic E-state index is 15.9. The molecule has 0 N–H and O–H groups in total. The predicted molar refractivity (Wildman–Crippen MR) is 160 cm³/mol. The standard InChI is InChI=1S/C36H34F8/c1-23-7-9-25(17-31(3,15-23)35(39,40)41)26-11-12-27(19-32(4,18-26)36(42,43)44)29-13-14-30(22-34(6,38)21-29)28-10-8-24(2)16-33(5,37)20-28/h7-22H,1-6H3. The molecule has 4 aliphatic carbocycles. The number of rotatable bonds is 3. The average Bonchev–Trinajstić information content (AvgIpc) is 3.27. The first kappa shape index (κ1) is 33.2. The Bertz CT molecular complexity index is 1600. The Hall–Kier alpha value is -3.68. The van der Waals surface area contributed by atoms with Crippen LogP contribution in [0.15, 0.2) is 142 Å². The van der Waals surface area contributed by atoms with Crippen LogP contribution in [-0.4, -0.2) is 23.7 Å². The zero-order valence-corrected chi connectivity index (χ0v) is 25.3. The second kappa shape index (κ2) is 11.0. The van der Waals surface area contributed by atoms with Crippen LogP contribution in [0.5, 0.6) is 0 Å². The molecule has 0 nitrogen and oxygen atoms in total. The molecule has 0 spiro atoms.